The van der Waals surface area contributed by atoms with E-state index in [1.54, 1.807) is 0 Å². The number of hydrogen-bond acceptors (Lipinski definition) is 6. The minimum atomic E-state index is -3.56. The fraction of sp³-hybridized carbons (Fsp3) is 0.520. The molecule has 0 radical (unpaired) electrons. The van der Waals surface area contributed by atoms with Gasteiger partial charge in [0.1, 0.15) is 6.10 Å². The molecule has 8 heteroatoms. The lowest BCUT2D eigenvalue weighted by molar-refractivity contribution is -0.150. The molecule has 1 saturated heterocycles. The first-order valence-corrected chi connectivity index (χ1v) is 15.0. The smallest absolute Gasteiger partial charge is 0.264 e. The third kappa shape index (κ3) is 6.32. The molecule has 2 atom stereocenters. The van der Waals surface area contributed by atoms with Crippen LogP contribution < -0.4 is 10.4 Å². The van der Waals surface area contributed by atoms with Crippen molar-refractivity contribution in [3.8, 4) is 0 Å². The van der Waals surface area contributed by atoms with Crippen molar-refractivity contribution >= 4 is 28.8 Å². The van der Waals surface area contributed by atoms with E-state index in [1.165, 1.54) is 0 Å². The van der Waals surface area contributed by atoms with E-state index in [1.807, 2.05) is 50.2 Å². The molecule has 6 nitrogen and oxygen atoms in total. The predicted molar refractivity (Wildman–Crippen MR) is 133 cm³/mol. The summed E-state index contributed by atoms with van der Waals surface area (Å²) in [6, 6.07) is 20.7. The van der Waals surface area contributed by atoms with Crippen molar-refractivity contribution in [2.24, 2.45) is 0 Å². The maximum atomic E-state index is 11.6. The fourth-order valence-corrected chi connectivity index (χ4v) is 9.59. The van der Waals surface area contributed by atoms with Crippen LogP contribution in [0, 0.1) is 0 Å². The van der Waals surface area contributed by atoms with Crippen LogP contribution in [0.25, 0.3) is 0 Å². The Labute approximate surface area is 199 Å². The highest BCUT2D eigenvalue weighted by atomic mass is 32.2. The van der Waals surface area contributed by atoms with E-state index in [4.69, 9.17) is 18.1 Å². The van der Waals surface area contributed by atoms with Gasteiger partial charge in [-0.1, -0.05) is 81.4 Å². The normalized spacial score (nSPS) is 20.0. The first-order valence-electron chi connectivity index (χ1n) is 11.3. The number of rotatable bonds is 9. The first-order chi connectivity index (χ1) is 15.3. The summed E-state index contributed by atoms with van der Waals surface area (Å²) in [6.45, 7) is 10.8. The Morgan fingerprint density at radius 3 is 1.94 bits per heavy atom. The van der Waals surface area contributed by atoms with Crippen LogP contribution in [0.4, 0.5) is 0 Å². The third-order valence-electron chi connectivity index (χ3n) is 5.89. The molecule has 0 aromatic heterocycles. The number of benzene rings is 2. The molecule has 1 heterocycles. The summed E-state index contributed by atoms with van der Waals surface area (Å²) < 4.78 is 47.6. The van der Waals surface area contributed by atoms with Gasteiger partial charge in [-0.05, 0) is 35.7 Å². The quantitative estimate of drug-likeness (QED) is 0.394. The maximum Gasteiger partial charge on any atom is 0.264 e. The van der Waals surface area contributed by atoms with Gasteiger partial charge in [-0.2, -0.15) is 8.42 Å². The van der Waals surface area contributed by atoms with Crippen molar-refractivity contribution in [3.05, 3.63) is 60.7 Å². The van der Waals surface area contributed by atoms with Crippen molar-refractivity contribution < 1.29 is 26.5 Å². The third-order valence-corrected chi connectivity index (χ3v) is 11.5. The van der Waals surface area contributed by atoms with Gasteiger partial charge >= 0.3 is 0 Å². The summed E-state index contributed by atoms with van der Waals surface area (Å²) in [4.78, 5) is 0. The van der Waals surface area contributed by atoms with Crippen LogP contribution in [-0.4, -0.2) is 54.2 Å². The van der Waals surface area contributed by atoms with E-state index in [-0.39, 0.29) is 17.7 Å². The van der Waals surface area contributed by atoms with Gasteiger partial charge in [-0.25, -0.2) is 0 Å². The Kier molecular flexibility index (Phi) is 7.88. The minimum Gasteiger partial charge on any atom is -0.402 e. The minimum absolute atomic E-state index is 0.0159. The van der Waals surface area contributed by atoms with Gasteiger partial charge in [0.15, 0.2) is 5.79 Å². The van der Waals surface area contributed by atoms with Gasteiger partial charge in [-0.3, -0.25) is 4.18 Å². The average Bonchev–Trinajstić information content (AvgIpc) is 3.10. The van der Waals surface area contributed by atoms with Gasteiger partial charge in [0.25, 0.3) is 18.4 Å². The second-order valence-corrected chi connectivity index (χ2v) is 15.9. The maximum absolute atomic E-state index is 11.6. The summed E-state index contributed by atoms with van der Waals surface area (Å²) in [7, 11) is -6.42. The summed E-state index contributed by atoms with van der Waals surface area (Å²) in [5.41, 5.74) is 0. The van der Waals surface area contributed by atoms with Crippen molar-refractivity contribution in [3.63, 3.8) is 0 Å². The van der Waals surface area contributed by atoms with Crippen LogP contribution in [0.15, 0.2) is 60.7 Å². The molecule has 0 amide bonds. The highest BCUT2D eigenvalue weighted by Crippen LogP contribution is 2.39. The Morgan fingerprint density at radius 2 is 1.55 bits per heavy atom. The van der Waals surface area contributed by atoms with Crippen LogP contribution in [0.5, 0.6) is 0 Å². The Bertz CT molecular complexity index is 963. The van der Waals surface area contributed by atoms with Gasteiger partial charge in [0.05, 0.1) is 25.6 Å². The molecule has 1 aliphatic rings. The SMILES string of the molecule is CC1(C)OC[C@H]([C@H](CCOS(C)(=O)=O)O[Si](c2ccccc2)(c2ccccc2)C(C)(C)C)O1. The van der Waals surface area contributed by atoms with Crippen molar-refractivity contribution in [2.45, 2.75) is 64.1 Å². The Hall–Kier alpha value is -1.55. The van der Waals surface area contributed by atoms with E-state index in [0.717, 1.165) is 16.6 Å². The van der Waals surface area contributed by atoms with Crippen molar-refractivity contribution in [1.82, 2.24) is 0 Å². The molecule has 1 aliphatic heterocycles. The van der Waals surface area contributed by atoms with Crippen LogP contribution in [0.3, 0.4) is 0 Å². The second kappa shape index (κ2) is 9.97. The molecule has 3 rings (SSSR count). The molecule has 0 N–H and O–H groups in total. The molecular formula is C25H36O6SSi. The lowest BCUT2D eigenvalue weighted by Crippen LogP contribution is -2.68. The monoisotopic (exact) mass is 492 g/mol. The number of hydrogen-bond donors (Lipinski definition) is 0. The lowest BCUT2D eigenvalue weighted by atomic mass is 10.1. The molecule has 0 saturated carbocycles. The van der Waals surface area contributed by atoms with Crippen LogP contribution in [0.2, 0.25) is 5.04 Å². The van der Waals surface area contributed by atoms with E-state index >= 15 is 0 Å². The van der Waals surface area contributed by atoms with E-state index in [0.29, 0.717) is 13.0 Å². The Morgan fingerprint density at radius 1 is 1.03 bits per heavy atom. The highest BCUT2D eigenvalue weighted by Gasteiger charge is 2.53. The molecule has 2 aromatic carbocycles. The molecule has 33 heavy (non-hydrogen) atoms. The van der Waals surface area contributed by atoms with Crippen molar-refractivity contribution in [1.29, 1.82) is 0 Å². The molecular weight excluding hydrogens is 456 g/mol. The van der Waals surface area contributed by atoms with Crippen LogP contribution >= 0.6 is 0 Å². The van der Waals surface area contributed by atoms with Crippen molar-refractivity contribution in [2.75, 3.05) is 19.5 Å². The summed E-state index contributed by atoms with van der Waals surface area (Å²) in [6.07, 6.45) is 0.662. The molecule has 0 spiro atoms. The molecule has 0 bridgehead atoms. The zero-order valence-corrected chi connectivity index (χ0v) is 22.2. The second-order valence-electron chi connectivity index (χ2n) is 10.0. The van der Waals surface area contributed by atoms with Crippen LogP contribution in [-0.2, 0) is 28.2 Å². The molecule has 1 fully saturated rings. The summed E-state index contributed by atoms with van der Waals surface area (Å²) in [5.74, 6) is -0.727. The topological polar surface area (TPSA) is 71.1 Å². The summed E-state index contributed by atoms with van der Waals surface area (Å²) >= 11 is 0. The Balaban J connectivity index is 2.08. The van der Waals surface area contributed by atoms with Gasteiger partial charge < -0.3 is 13.9 Å². The first kappa shape index (κ1) is 26.1. The zero-order chi connectivity index (χ0) is 24.3. The van der Waals surface area contributed by atoms with Gasteiger partial charge in [-0.15, -0.1) is 0 Å². The number of ether oxygens (including phenoxy) is 2. The predicted octanol–water partition coefficient (Wildman–Crippen LogP) is 3.45. The standard InChI is InChI=1S/C25H36O6SSi/c1-24(2,3)33(20-13-9-7-10-14-20,21-15-11-8-12-16-21)31-22(17-18-29-32(6,26)27)23-19-28-25(4,5)30-23/h7-16,22-23H,17-19H2,1-6H3/t22-,23+/m0/s1. The van der Waals surface area contributed by atoms with Crippen LogP contribution in [0.1, 0.15) is 41.0 Å². The molecule has 0 aliphatic carbocycles. The largest absolute Gasteiger partial charge is 0.402 e. The molecule has 2 aromatic rings. The highest BCUT2D eigenvalue weighted by molar-refractivity contribution is 7.85. The van der Waals surface area contributed by atoms with Gasteiger partial charge in [0.2, 0.25) is 0 Å². The summed E-state index contributed by atoms with van der Waals surface area (Å²) in [5, 5.41) is 2.08. The fourth-order valence-electron chi connectivity index (χ4n) is 4.45. The lowest BCUT2D eigenvalue weighted by Gasteiger charge is -2.46. The van der Waals surface area contributed by atoms with E-state index in [2.05, 4.69) is 45.0 Å². The average molecular weight is 493 g/mol. The van der Waals surface area contributed by atoms with E-state index < -0.39 is 30.3 Å². The molecule has 0 unspecified atom stereocenters. The van der Waals surface area contributed by atoms with Gasteiger partial charge in [0, 0.05) is 0 Å². The zero-order valence-electron chi connectivity index (χ0n) is 20.4. The molecule has 182 valence electrons. The van der Waals surface area contributed by atoms with E-state index in [9.17, 15) is 8.42 Å².